The summed E-state index contributed by atoms with van der Waals surface area (Å²) in [7, 11) is 5.57. The quantitative estimate of drug-likeness (QED) is 0.352. The smallest absolute Gasteiger partial charge is 0.112 e. The molecule has 0 aromatic carbocycles. The van der Waals surface area contributed by atoms with Crippen molar-refractivity contribution in [2.45, 2.75) is 30.7 Å². The molecule has 0 amide bonds. The monoisotopic (exact) mass is 201 g/mol. The highest BCUT2D eigenvalue weighted by Crippen LogP contribution is 2.21. The Hall–Kier alpha value is -0.135. The second kappa shape index (κ2) is 5.67. The Bertz CT molecular complexity index is 171. The van der Waals surface area contributed by atoms with Gasteiger partial charge in [-0.15, -0.1) is 0 Å². The van der Waals surface area contributed by atoms with E-state index in [2.05, 4.69) is 0 Å². The van der Waals surface area contributed by atoms with Crippen LogP contribution in [0, 0.1) is 0 Å². The molecule has 0 saturated carbocycles. The third-order valence-corrected chi connectivity index (χ3v) is 2.21. The number of aliphatic hydroxyl groups is 2. The fraction of sp³-hybridized carbons (Fsp3) is 1.00. The summed E-state index contributed by atoms with van der Waals surface area (Å²) in [6.45, 7) is 0.710. The lowest BCUT2D eigenvalue weighted by atomic mass is 9.93. The van der Waals surface area contributed by atoms with Crippen molar-refractivity contribution in [3.8, 4) is 0 Å². The van der Waals surface area contributed by atoms with E-state index in [9.17, 15) is 5.11 Å². The van der Waals surface area contributed by atoms with Gasteiger partial charge in [0.1, 0.15) is 26.2 Å². The number of hydrogen-bond donors (Lipinski definition) is 3. The lowest BCUT2D eigenvalue weighted by Gasteiger charge is -2.18. The second-order valence-corrected chi connectivity index (χ2v) is 3.29. The Morgan fingerprint density at radius 1 is 1.50 bits per heavy atom. The van der Waals surface area contributed by atoms with Gasteiger partial charge in [0, 0.05) is 12.6 Å². The van der Waals surface area contributed by atoms with Gasteiger partial charge in [0.05, 0.1) is 6.61 Å². The van der Waals surface area contributed by atoms with Gasteiger partial charge in [-0.25, -0.2) is 0 Å². The van der Waals surface area contributed by atoms with Crippen molar-refractivity contribution < 1.29 is 19.7 Å². The summed E-state index contributed by atoms with van der Waals surface area (Å²) in [5.41, 5.74) is 5.29. The van der Waals surface area contributed by atoms with Gasteiger partial charge in [-0.3, -0.25) is 0 Å². The van der Waals surface area contributed by atoms with Crippen molar-refractivity contribution in [3.63, 3.8) is 0 Å². The molecule has 0 aromatic heterocycles. The Labute approximate surface area is 84.6 Å². The first-order valence-corrected chi connectivity index (χ1v) is 4.72. The fourth-order valence-electron chi connectivity index (χ4n) is 1.41. The van der Waals surface area contributed by atoms with E-state index >= 15 is 0 Å². The van der Waals surface area contributed by atoms with E-state index in [0.29, 0.717) is 19.6 Å². The van der Waals surface area contributed by atoms with Gasteiger partial charge in [-0.1, -0.05) is 0 Å². The molecule has 1 aliphatic rings. The molecule has 6 heteroatoms. The van der Waals surface area contributed by atoms with Crippen LogP contribution >= 0.6 is 0 Å². The number of ether oxygens (including phenoxy) is 2. The van der Waals surface area contributed by atoms with Crippen molar-refractivity contribution >= 4 is 7.85 Å². The molecule has 1 fully saturated rings. The maximum atomic E-state index is 9.60. The standard InChI is InChI=1S/C8H16BNO4/c9-8-7(13-3-1-2-10)6(12)5(4-11)14-8/h5-8,11-12H,1-4,10H2/t5-,6?,7+,8-/m1/s1. The summed E-state index contributed by atoms with van der Waals surface area (Å²) in [4.78, 5) is 0. The largest absolute Gasteiger partial charge is 0.394 e. The first-order valence-electron chi connectivity index (χ1n) is 4.72. The summed E-state index contributed by atoms with van der Waals surface area (Å²) < 4.78 is 10.4. The van der Waals surface area contributed by atoms with E-state index < -0.39 is 24.3 Å². The van der Waals surface area contributed by atoms with Gasteiger partial charge in [0.15, 0.2) is 0 Å². The Morgan fingerprint density at radius 2 is 2.21 bits per heavy atom. The molecule has 2 radical (unpaired) electrons. The number of hydrogen-bond acceptors (Lipinski definition) is 5. The summed E-state index contributed by atoms with van der Waals surface area (Å²) in [5.74, 6) is 0. The lowest BCUT2D eigenvalue weighted by molar-refractivity contribution is -0.0287. The summed E-state index contributed by atoms with van der Waals surface area (Å²) in [6.07, 6.45) is -1.38. The van der Waals surface area contributed by atoms with Gasteiger partial charge in [0.25, 0.3) is 0 Å². The molecule has 1 saturated heterocycles. The van der Waals surface area contributed by atoms with Crippen LogP contribution in [0.3, 0.4) is 0 Å². The lowest BCUT2D eigenvalue weighted by Crippen LogP contribution is -2.36. The highest BCUT2D eigenvalue weighted by molar-refractivity contribution is 6.11. The van der Waals surface area contributed by atoms with Crippen molar-refractivity contribution in [3.05, 3.63) is 0 Å². The van der Waals surface area contributed by atoms with E-state index in [-0.39, 0.29) is 6.61 Å². The molecule has 80 valence electrons. The van der Waals surface area contributed by atoms with Crippen molar-refractivity contribution in [2.75, 3.05) is 19.8 Å². The van der Waals surface area contributed by atoms with Crippen LogP contribution in [0.5, 0.6) is 0 Å². The van der Waals surface area contributed by atoms with Gasteiger partial charge in [-0.05, 0) is 13.0 Å². The molecule has 14 heavy (non-hydrogen) atoms. The van der Waals surface area contributed by atoms with E-state index in [4.69, 9.17) is 28.2 Å². The molecule has 1 unspecified atom stereocenters. The van der Waals surface area contributed by atoms with Gasteiger partial charge in [0.2, 0.25) is 0 Å². The van der Waals surface area contributed by atoms with Gasteiger partial charge < -0.3 is 25.4 Å². The predicted octanol–water partition coefficient (Wildman–Crippen LogP) is -2.03. The minimum atomic E-state index is -0.868. The van der Waals surface area contributed by atoms with Crippen LogP contribution in [-0.4, -0.2) is 62.1 Å². The number of rotatable bonds is 5. The summed E-state index contributed by atoms with van der Waals surface area (Å²) in [5, 5.41) is 18.4. The Kier molecular flexibility index (Phi) is 4.84. The van der Waals surface area contributed by atoms with E-state index in [1.54, 1.807) is 0 Å². The van der Waals surface area contributed by atoms with Crippen LogP contribution in [0.1, 0.15) is 6.42 Å². The summed E-state index contributed by atoms with van der Waals surface area (Å²) in [6, 6.07) is -0.681. The molecule has 4 N–H and O–H groups in total. The topological polar surface area (TPSA) is 84.9 Å². The van der Waals surface area contributed by atoms with Crippen LogP contribution in [0.15, 0.2) is 0 Å². The maximum Gasteiger partial charge on any atom is 0.112 e. The molecule has 4 atom stereocenters. The average Bonchev–Trinajstić information content (AvgIpc) is 2.45. The molecule has 0 aromatic rings. The van der Waals surface area contributed by atoms with E-state index in [1.807, 2.05) is 0 Å². The molecular formula is C8H16BNO4. The van der Waals surface area contributed by atoms with Crippen LogP contribution < -0.4 is 5.73 Å². The summed E-state index contributed by atoms with van der Waals surface area (Å²) >= 11 is 0. The third kappa shape index (κ3) is 2.68. The Morgan fingerprint density at radius 3 is 2.71 bits per heavy atom. The first kappa shape index (κ1) is 11.9. The first-order chi connectivity index (χ1) is 6.70. The highest BCUT2D eigenvalue weighted by Gasteiger charge is 2.40. The third-order valence-electron chi connectivity index (χ3n) is 2.21. The Balaban J connectivity index is 2.36. The molecule has 0 aliphatic carbocycles. The molecule has 1 rings (SSSR count). The SMILES string of the molecule is [B][C@@H]1O[C@H](CO)C(O)[C@@H]1OCCCN. The zero-order chi connectivity index (χ0) is 10.6. The molecule has 0 spiro atoms. The average molecular weight is 201 g/mol. The normalized spacial score (nSPS) is 37.6. The van der Waals surface area contributed by atoms with E-state index in [0.717, 1.165) is 0 Å². The highest BCUT2D eigenvalue weighted by atomic mass is 16.6. The van der Waals surface area contributed by atoms with Crippen LogP contribution in [-0.2, 0) is 9.47 Å². The molecule has 1 heterocycles. The van der Waals surface area contributed by atoms with Crippen LogP contribution in [0.25, 0.3) is 0 Å². The van der Waals surface area contributed by atoms with Crippen molar-refractivity contribution in [1.82, 2.24) is 0 Å². The second-order valence-electron chi connectivity index (χ2n) is 3.29. The van der Waals surface area contributed by atoms with Crippen molar-refractivity contribution in [1.29, 1.82) is 0 Å². The van der Waals surface area contributed by atoms with E-state index in [1.165, 1.54) is 0 Å². The number of aliphatic hydroxyl groups excluding tert-OH is 2. The van der Waals surface area contributed by atoms with Gasteiger partial charge >= 0.3 is 0 Å². The molecule has 5 nitrogen and oxygen atoms in total. The minimum absolute atomic E-state index is 0.258. The van der Waals surface area contributed by atoms with Crippen molar-refractivity contribution in [2.24, 2.45) is 5.73 Å². The molecule has 1 aliphatic heterocycles. The number of nitrogens with two attached hydrogens (primary N) is 1. The molecule has 0 bridgehead atoms. The maximum absolute atomic E-state index is 9.60. The zero-order valence-electron chi connectivity index (χ0n) is 8.00. The van der Waals surface area contributed by atoms with Crippen LogP contribution in [0.4, 0.5) is 0 Å². The molecular weight excluding hydrogens is 185 g/mol. The zero-order valence-corrected chi connectivity index (χ0v) is 8.00. The fourth-order valence-corrected chi connectivity index (χ4v) is 1.41. The predicted molar refractivity (Wildman–Crippen MR) is 50.9 cm³/mol. The minimum Gasteiger partial charge on any atom is -0.394 e. The van der Waals surface area contributed by atoms with Gasteiger partial charge in [-0.2, -0.15) is 0 Å². The van der Waals surface area contributed by atoms with Crippen LogP contribution in [0.2, 0.25) is 0 Å².